The van der Waals surface area contributed by atoms with Gasteiger partial charge in [0.2, 0.25) is 0 Å². The van der Waals surface area contributed by atoms with Gasteiger partial charge in [0.15, 0.2) is 5.15 Å². The Morgan fingerprint density at radius 3 is 2.29 bits per heavy atom. The molecular formula is C12H10BrClN2O. The van der Waals surface area contributed by atoms with Crippen molar-refractivity contribution in [2.45, 2.75) is 13.8 Å². The average molecular weight is 314 g/mol. The van der Waals surface area contributed by atoms with Gasteiger partial charge in [0.05, 0.1) is 11.4 Å². The molecule has 0 spiro atoms. The third kappa shape index (κ3) is 2.96. The van der Waals surface area contributed by atoms with Crippen LogP contribution in [0.2, 0.25) is 5.15 Å². The van der Waals surface area contributed by atoms with Gasteiger partial charge in [-0.05, 0) is 38.1 Å². The maximum absolute atomic E-state index is 5.97. The number of aromatic nitrogens is 2. The summed E-state index contributed by atoms with van der Waals surface area (Å²) in [5, 5.41) is 0.274. The van der Waals surface area contributed by atoms with Crippen LogP contribution in [-0.4, -0.2) is 9.97 Å². The Kier molecular flexibility index (Phi) is 3.64. The van der Waals surface area contributed by atoms with Crippen LogP contribution >= 0.6 is 27.5 Å². The summed E-state index contributed by atoms with van der Waals surface area (Å²) in [7, 11) is 0. The molecule has 0 aliphatic rings. The number of hydrogen-bond donors (Lipinski definition) is 0. The van der Waals surface area contributed by atoms with Crippen LogP contribution in [0.4, 0.5) is 0 Å². The molecule has 0 bridgehead atoms. The Morgan fingerprint density at radius 1 is 1.06 bits per heavy atom. The topological polar surface area (TPSA) is 35.0 Å². The predicted molar refractivity (Wildman–Crippen MR) is 70.7 cm³/mol. The zero-order valence-corrected chi connectivity index (χ0v) is 11.7. The van der Waals surface area contributed by atoms with Gasteiger partial charge in [-0.2, -0.15) is 0 Å². The van der Waals surface area contributed by atoms with Crippen LogP contribution in [0.25, 0.3) is 0 Å². The number of nitrogens with zero attached hydrogens (tertiary/aromatic N) is 2. The van der Waals surface area contributed by atoms with E-state index in [9.17, 15) is 0 Å². The standard InChI is InChI=1S/C12H10BrClN2O/c1-7-8(2)16-12(11(14)15-7)17-10-5-3-9(13)4-6-10/h3-6H,1-2H3. The molecule has 0 radical (unpaired) electrons. The Morgan fingerprint density at radius 2 is 1.65 bits per heavy atom. The maximum atomic E-state index is 5.97. The fourth-order valence-electron chi connectivity index (χ4n) is 1.23. The second-order valence-electron chi connectivity index (χ2n) is 3.55. The zero-order chi connectivity index (χ0) is 12.4. The van der Waals surface area contributed by atoms with Gasteiger partial charge >= 0.3 is 0 Å². The normalized spacial score (nSPS) is 10.4. The minimum atomic E-state index is 0.274. The van der Waals surface area contributed by atoms with E-state index in [0.29, 0.717) is 11.6 Å². The lowest BCUT2D eigenvalue weighted by Gasteiger charge is -2.08. The Hall–Kier alpha value is -1.13. The van der Waals surface area contributed by atoms with Crippen LogP contribution in [0.5, 0.6) is 11.6 Å². The lowest BCUT2D eigenvalue weighted by molar-refractivity contribution is 0.458. The maximum Gasteiger partial charge on any atom is 0.257 e. The average Bonchev–Trinajstić information content (AvgIpc) is 2.29. The highest BCUT2D eigenvalue weighted by molar-refractivity contribution is 9.10. The SMILES string of the molecule is Cc1nc(Cl)c(Oc2ccc(Br)cc2)nc1C. The lowest BCUT2D eigenvalue weighted by atomic mass is 10.3. The minimum absolute atomic E-state index is 0.274. The van der Waals surface area contributed by atoms with Crippen LogP contribution in [-0.2, 0) is 0 Å². The molecule has 0 aliphatic carbocycles. The minimum Gasteiger partial charge on any atom is -0.436 e. The quantitative estimate of drug-likeness (QED) is 0.829. The van der Waals surface area contributed by atoms with Gasteiger partial charge in [-0.3, -0.25) is 0 Å². The van der Waals surface area contributed by atoms with Crippen LogP contribution in [0.3, 0.4) is 0 Å². The van der Waals surface area contributed by atoms with E-state index in [1.807, 2.05) is 38.1 Å². The molecule has 1 heterocycles. The van der Waals surface area contributed by atoms with Gasteiger partial charge in [-0.1, -0.05) is 27.5 Å². The fourth-order valence-corrected chi connectivity index (χ4v) is 1.71. The van der Waals surface area contributed by atoms with Crippen molar-refractivity contribution in [3.05, 3.63) is 45.3 Å². The van der Waals surface area contributed by atoms with Crippen molar-refractivity contribution in [3.8, 4) is 11.6 Å². The number of benzene rings is 1. The second kappa shape index (κ2) is 5.02. The molecule has 0 amide bonds. The summed E-state index contributed by atoms with van der Waals surface area (Å²) in [6.07, 6.45) is 0. The number of aryl methyl sites for hydroxylation is 2. The molecular weight excluding hydrogens is 304 g/mol. The highest BCUT2D eigenvalue weighted by atomic mass is 79.9. The van der Waals surface area contributed by atoms with Gasteiger partial charge in [0.1, 0.15) is 5.75 Å². The van der Waals surface area contributed by atoms with Crippen molar-refractivity contribution in [3.63, 3.8) is 0 Å². The first-order chi connectivity index (χ1) is 8.06. The molecule has 2 rings (SSSR count). The lowest BCUT2D eigenvalue weighted by Crippen LogP contribution is -1.97. The van der Waals surface area contributed by atoms with E-state index in [-0.39, 0.29) is 5.15 Å². The van der Waals surface area contributed by atoms with Crippen molar-refractivity contribution in [2.75, 3.05) is 0 Å². The van der Waals surface area contributed by atoms with Crippen LogP contribution in [0, 0.1) is 13.8 Å². The fraction of sp³-hybridized carbons (Fsp3) is 0.167. The summed E-state index contributed by atoms with van der Waals surface area (Å²) in [5.41, 5.74) is 1.61. The van der Waals surface area contributed by atoms with Crippen molar-refractivity contribution in [2.24, 2.45) is 0 Å². The smallest absolute Gasteiger partial charge is 0.257 e. The number of ether oxygens (including phenoxy) is 1. The Bertz CT molecular complexity index is 543. The summed E-state index contributed by atoms with van der Waals surface area (Å²) >= 11 is 9.33. The first-order valence-electron chi connectivity index (χ1n) is 5.00. The van der Waals surface area contributed by atoms with Gasteiger partial charge in [-0.25, -0.2) is 9.97 Å². The second-order valence-corrected chi connectivity index (χ2v) is 4.82. The van der Waals surface area contributed by atoms with E-state index in [1.165, 1.54) is 0 Å². The first kappa shape index (κ1) is 12.3. The molecule has 17 heavy (non-hydrogen) atoms. The Labute approximate surface area is 113 Å². The van der Waals surface area contributed by atoms with Gasteiger partial charge in [-0.15, -0.1) is 0 Å². The predicted octanol–water partition coefficient (Wildman–Crippen LogP) is 4.30. The zero-order valence-electron chi connectivity index (χ0n) is 9.37. The third-order valence-corrected chi connectivity index (χ3v) is 3.04. The summed E-state index contributed by atoms with van der Waals surface area (Å²) in [4.78, 5) is 8.42. The summed E-state index contributed by atoms with van der Waals surface area (Å²) in [6.45, 7) is 3.73. The molecule has 0 unspecified atom stereocenters. The summed E-state index contributed by atoms with van der Waals surface area (Å²) in [6, 6.07) is 7.43. The van der Waals surface area contributed by atoms with E-state index < -0.39 is 0 Å². The van der Waals surface area contributed by atoms with E-state index in [4.69, 9.17) is 16.3 Å². The molecule has 3 nitrogen and oxygen atoms in total. The molecule has 1 aromatic heterocycles. The van der Waals surface area contributed by atoms with Crippen molar-refractivity contribution >= 4 is 27.5 Å². The molecule has 0 N–H and O–H groups in total. The highest BCUT2D eigenvalue weighted by Gasteiger charge is 2.09. The summed E-state index contributed by atoms with van der Waals surface area (Å²) < 4.78 is 6.56. The molecule has 0 atom stereocenters. The van der Waals surface area contributed by atoms with E-state index >= 15 is 0 Å². The van der Waals surface area contributed by atoms with Crippen molar-refractivity contribution < 1.29 is 4.74 Å². The molecule has 2 aromatic rings. The largest absolute Gasteiger partial charge is 0.436 e. The Balaban J connectivity index is 2.30. The highest BCUT2D eigenvalue weighted by Crippen LogP contribution is 2.27. The number of halogens is 2. The monoisotopic (exact) mass is 312 g/mol. The number of hydrogen-bond acceptors (Lipinski definition) is 3. The molecule has 88 valence electrons. The molecule has 5 heteroatoms. The van der Waals surface area contributed by atoms with Gasteiger partial charge < -0.3 is 4.74 Å². The van der Waals surface area contributed by atoms with Crippen LogP contribution in [0.15, 0.2) is 28.7 Å². The van der Waals surface area contributed by atoms with E-state index in [0.717, 1.165) is 15.9 Å². The molecule has 0 fully saturated rings. The van der Waals surface area contributed by atoms with Crippen LogP contribution < -0.4 is 4.74 Å². The third-order valence-electron chi connectivity index (χ3n) is 2.26. The van der Waals surface area contributed by atoms with Crippen molar-refractivity contribution in [1.82, 2.24) is 9.97 Å². The first-order valence-corrected chi connectivity index (χ1v) is 6.17. The van der Waals surface area contributed by atoms with Gasteiger partial charge in [0, 0.05) is 4.47 Å². The van der Waals surface area contributed by atoms with Crippen molar-refractivity contribution in [1.29, 1.82) is 0 Å². The number of rotatable bonds is 2. The van der Waals surface area contributed by atoms with E-state index in [1.54, 1.807) is 0 Å². The molecule has 0 saturated heterocycles. The van der Waals surface area contributed by atoms with Crippen LogP contribution in [0.1, 0.15) is 11.4 Å². The van der Waals surface area contributed by atoms with E-state index in [2.05, 4.69) is 25.9 Å². The molecule has 0 aliphatic heterocycles. The summed E-state index contributed by atoms with van der Waals surface area (Å²) in [5.74, 6) is 1.00. The molecule has 0 saturated carbocycles. The molecule has 1 aromatic carbocycles. The van der Waals surface area contributed by atoms with Gasteiger partial charge in [0.25, 0.3) is 5.88 Å².